The maximum atomic E-state index is 10.5. The minimum Gasteiger partial charge on any atom is -0.466 e. The van der Waals surface area contributed by atoms with E-state index in [4.69, 9.17) is 16.3 Å². The van der Waals surface area contributed by atoms with E-state index in [9.17, 15) is 4.79 Å². The molecular weight excluding hydrogens is 188 g/mol. The Morgan fingerprint density at radius 1 is 1.46 bits per heavy atom. The Morgan fingerprint density at radius 2 is 2.15 bits per heavy atom. The summed E-state index contributed by atoms with van der Waals surface area (Å²) in [5.41, 5.74) is 1.01. The van der Waals surface area contributed by atoms with Crippen LogP contribution in [-0.4, -0.2) is 12.6 Å². The molecule has 0 saturated heterocycles. The average molecular weight is 199 g/mol. The highest BCUT2D eigenvalue weighted by Gasteiger charge is 1.99. The van der Waals surface area contributed by atoms with Crippen LogP contribution in [0.15, 0.2) is 24.3 Å². The summed E-state index contributed by atoms with van der Waals surface area (Å²) < 4.78 is 4.80. The van der Waals surface area contributed by atoms with E-state index < -0.39 is 0 Å². The lowest BCUT2D eigenvalue weighted by Gasteiger charge is -2.03. The summed E-state index contributed by atoms with van der Waals surface area (Å²) in [7, 11) is 0. The molecule has 2 nitrogen and oxygen atoms in total. The van der Waals surface area contributed by atoms with Crippen molar-refractivity contribution in [2.75, 3.05) is 6.61 Å². The Hall–Kier alpha value is -1.02. The van der Waals surface area contributed by atoms with Gasteiger partial charge in [0.05, 0.1) is 6.61 Å². The summed E-state index contributed by atoms with van der Waals surface area (Å²) in [4.78, 5) is 10.5. The zero-order valence-corrected chi connectivity index (χ0v) is 8.17. The third-order valence-corrected chi connectivity index (χ3v) is 2.00. The fraction of sp³-hybridized carbons (Fsp3) is 0.300. The van der Waals surface area contributed by atoms with Gasteiger partial charge in [-0.25, -0.2) is 0 Å². The molecule has 0 saturated carbocycles. The van der Waals surface area contributed by atoms with Crippen molar-refractivity contribution < 1.29 is 9.53 Å². The van der Waals surface area contributed by atoms with E-state index in [1.165, 1.54) is 6.92 Å². The smallest absolute Gasteiger partial charge is 0.302 e. The lowest BCUT2D eigenvalue weighted by atomic mass is 10.2. The van der Waals surface area contributed by atoms with Crippen molar-refractivity contribution in [3.63, 3.8) is 0 Å². The molecule has 1 rings (SSSR count). The molecule has 1 aromatic carbocycles. The number of ether oxygens (including phenoxy) is 1. The van der Waals surface area contributed by atoms with Gasteiger partial charge in [-0.2, -0.15) is 0 Å². The first-order chi connectivity index (χ1) is 6.20. The number of halogens is 1. The maximum absolute atomic E-state index is 10.5. The second-order valence-corrected chi connectivity index (χ2v) is 3.09. The summed E-state index contributed by atoms with van der Waals surface area (Å²) in [5, 5.41) is 0.717. The van der Waals surface area contributed by atoms with Crippen LogP contribution in [0.3, 0.4) is 0 Å². The molecule has 0 amide bonds. The molecule has 70 valence electrons. The van der Waals surface area contributed by atoms with E-state index in [0.29, 0.717) is 13.0 Å². The quantitative estimate of drug-likeness (QED) is 0.698. The molecule has 0 aliphatic heterocycles. The molecule has 0 spiro atoms. The zero-order chi connectivity index (χ0) is 9.68. The van der Waals surface area contributed by atoms with Crippen LogP contribution in [0.5, 0.6) is 0 Å². The van der Waals surface area contributed by atoms with Crippen LogP contribution in [-0.2, 0) is 16.0 Å². The number of hydrogen-bond acceptors (Lipinski definition) is 2. The second-order valence-electron chi connectivity index (χ2n) is 2.68. The summed E-state index contributed by atoms with van der Waals surface area (Å²) in [5.74, 6) is -0.257. The van der Waals surface area contributed by atoms with Crippen molar-refractivity contribution >= 4 is 17.6 Å². The first-order valence-corrected chi connectivity index (χ1v) is 4.44. The van der Waals surface area contributed by atoms with Gasteiger partial charge >= 0.3 is 5.97 Å². The second kappa shape index (κ2) is 4.87. The molecule has 0 bridgehead atoms. The summed E-state index contributed by atoms with van der Waals surface area (Å²) in [6.45, 7) is 1.78. The fourth-order valence-electron chi connectivity index (χ4n) is 1.01. The topological polar surface area (TPSA) is 26.3 Å². The van der Waals surface area contributed by atoms with Crippen molar-refractivity contribution in [3.8, 4) is 0 Å². The zero-order valence-electron chi connectivity index (χ0n) is 7.42. The molecular formula is C10H11ClO2. The molecule has 0 N–H and O–H groups in total. The van der Waals surface area contributed by atoms with E-state index in [1.54, 1.807) is 0 Å². The normalized spacial score (nSPS) is 9.69. The molecule has 0 heterocycles. The Bertz CT molecular complexity index is 297. The summed E-state index contributed by atoms with van der Waals surface area (Å²) in [6, 6.07) is 7.53. The lowest BCUT2D eigenvalue weighted by molar-refractivity contribution is -0.140. The third kappa shape index (κ3) is 3.47. The van der Waals surface area contributed by atoms with E-state index in [-0.39, 0.29) is 5.97 Å². The van der Waals surface area contributed by atoms with E-state index >= 15 is 0 Å². The molecule has 0 unspecified atom stereocenters. The van der Waals surface area contributed by atoms with Crippen molar-refractivity contribution in [1.82, 2.24) is 0 Å². The van der Waals surface area contributed by atoms with Gasteiger partial charge in [0.15, 0.2) is 0 Å². The predicted molar refractivity (Wildman–Crippen MR) is 51.8 cm³/mol. The Morgan fingerprint density at radius 3 is 2.77 bits per heavy atom. The average Bonchev–Trinajstić information content (AvgIpc) is 2.08. The molecule has 0 radical (unpaired) electrons. The monoisotopic (exact) mass is 198 g/mol. The van der Waals surface area contributed by atoms with Crippen molar-refractivity contribution in [3.05, 3.63) is 34.9 Å². The maximum Gasteiger partial charge on any atom is 0.302 e. The van der Waals surface area contributed by atoms with Crippen LogP contribution >= 0.6 is 11.6 Å². The number of carbonyl (C=O) groups excluding carboxylic acids is 1. The highest BCUT2D eigenvalue weighted by molar-refractivity contribution is 6.31. The number of rotatable bonds is 3. The van der Waals surface area contributed by atoms with Crippen LogP contribution < -0.4 is 0 Å². The molecule has 0 aliphatic carbocycles. The van der Waals surface area contributed by atoms with Crippen molar-refractivity contribution in [1.29, 1.82) is 0 Å². The summed E-state index contributed by atoms with van der Waals surface area (Å²) in [6.07, 6.45) is 0.666. The Kier molecular flexibility index (Phi) is 3.77. The van der Waals surface area contributed by atoms with Crippen LogP contribution in [0.25, 0.3) is 0 Å². The fourth-order valence-corrected chi connectivity index (χ4v) is 1.24. The highest BCUT2D eigenvalue weighted by Crippen LogP contribution is 2.15. The van der Waals surface area contributed by atoms with Gasteiger partial charge in [-0.3, -0.25) is 4.79 Å². The van der Waals surface area contributed by atoms with E-state index in [0.717, 1.165) is 10.6 Å². The highest BCUT2D eigenvalue weighted by atomic mass is 35.5. The summed E-state index contributed by atoms with van der Waals surface area (Å²) >= 11 is 5.90. The number of benzene rings is 1. The van der Waals surface area contributed by atoms with E-state index in [2.05, 4.69) is 0 Å². The molecule has 1 aromatic rings. The third-order valence-electron chi connectivity index (χ3n) is 1.63. The van der Waals surface area contributed by atoms with Gasteiger partial charge in [0.2, 0.25) is 0 Å². The van der Waals surface area contributed by atoms with Gasteiger partial charge in [0.25, 0.3) is 0 Å². The lowest BCUT2D eigenvalue weighted by Crippen LogP contribution is -2.03. The van der Waals surface area contributed by atoms with Gasteiger partial charge in [0, 0.05) is 18.4 Å². The Labute approximate surface area is 82.5 Å². The largest absolute Gasteiger partial charge is 0.466 e. The number of carbonyl (C=O) groups is 1. The molecule has 0 aliphatic rings. The minimum absolute atomic E-state index is 0.257. The van der Waals surface area contributed by atoms with Crippen molar-refractivity contribution in [2.45, 2.75) is 13.3 Å². The standard InChI is InChI=1S/C10H11ClO2/c1-8(12)13-7-6-9-4-2-3-5-10(9)11/h2-5H,6-7H2,1H3. The predicted octanol–water partition coefficient (Wildman–Crippen LogP) is 2.45. The van der Waals surface area contributed by atoms with Crippen molar-refractivity contribution in [2.24, 2.45) is 0 Å². The van der Waals surface area contributed by atoms with Crippen LogP contribution in [0.1, 0.15) is 12.5 Å². The molecule has 0 aromatic heterocycles. The molecule has 13 heavy (non-hydrogen) atoms. The first kappa shape index (κ1) is 10.1. The van der Waals surface area contributed by atoms with Gasteiger partial charge in [-0.15, -0.1) is 0 Å². The molecule has 0 atom stereocenters. The molecule has 3 heteroatoms. The van der Waals surface area contributed by atoms with Gasteiger partial charge < -0.3 is 4.74 Å². The van der Waals surface area contributed by atoms with E-state index in [1.807, 2.05) is 24.3 Å². The molecule has 0 fully saturated rings. The van der Waals surface area contributed by atoms with Gasteiger partial charge in [-0.1, -0.05) is 29.8 Å². The van der Waals surface area contributed by atoms with Gasteiger partial charge in [-0.05, 0) is 11.6 Å². The van der Waals surface area contributed by atoms with Crippen LogP contribution in [0.4, 0.5) is 0 Å². The Balaban J connectivity index is 2.45. The van der Waals surface area contributed by atoms with Gasteiger partial charge in [0.1, 0.15) is 0 Å². The van der Waals surface area contributed by atoms with Crippen LogP contribution in [0.2, 0.25) is 5.02 Å². The SMILES string of the molecule is CC(=O)OCCc1ccccc1Cl. The number of esters is 1. The minimum atomic E-state index is -0.257. The first-order valence-electron chi connectivity index (χ1n) is 4.07. The van der Waals surface area contributed by atoms with Crippen LogP contribution in [0, 0.1) is 0 Å². The number of hydrogen-bond donors (Lipinski definition) is 0.